The molecule has 1 atom stereocenters. The Morgan fingerprint density at radius 1 is 1.29 bits per heavy atom. The van der Waals surface area contributed by atoms with Crippen LogP contribution in [0.15, 0.2) is 41.5 Å². The number of aromatic nitrogens is 2. The van der Waals surface area contributed by atoms with E-state index in [2.05, 4.69) is 15.0 Å². The number of hydrogen-bond donors (Lipinski definition) is 2. The standard InChI is InChI=1S/C26H28FN5O5S/c1-16(2)38(34,35)31-23-6-4-21(27)24(20(23)13-28)37-18-3-5-22-19(11-18)25(33)32(15-30-22)17-12-26(36-14-17)7-9-29-10-8-26/h3-6,11,15-17,29,31H,7-10,12,14H2,1-2H3. The quantitative estimate of drug-likeness (QED) is 0.485. The van der Waals surface area contributed by atoms with Crippen molar-refractivity contribution in [2.24, 2.45) is 0 Å². The third-order valence-corrected chi connectivity index (χ3v) is 8.91. The minimum absolute atomic E-state index is 0.101. The monoisotopic (exact) mass is 541 g/mol. The molecule has 1 spiro atoms. The largest absolute Gasteiger partial charge is 0.453 e. The highest BCUT2D eigenvalue weighted by atomic mass is 32.2. The van der Waals surface area contributed by atoms with Crippen LogP contribution in [0.3, 0.4) is 0 Å². The minimum atomic E-state index is -3.79. The summed E-state index contributed by atoms with van der Waals surface area (Å²) in [5.74, 6) is -1.20. The number of sulfonamides is 1. The predicted octanol–water partition coefficient (Wildman–Crippen LogP) is 3.43. The van der Waals surface area contributed by atoms with Crippen molar-refractivity contribution in [2.75, 3.05) is 24.4 Å². The zero-order chi connectivity index (χ0) is 27.1. The lowest BCUT2D eigenvalue weighted by Crippen LogP contribution is -2.41. The van der Waals surface area contributed by atoms with Crippen LogP contribution < -0.4 is 20.3 Å². The van der Waals surface area contributed by atoms with Crippen molar-refractivity contribution in [3.63, 3.8) is 0 Å². The summed E-state index contributed by atoms with van der Waals surface area (Å²) >= 11 is 0. The summed E-state index contributed by atoms with van der Waals surface area (Å²) in [7, 11) is -3.79. The van der Waals surface area contributed by atoms with Gasteiger partial charge >= 0.3 is 0 Å². The fourth-order valence-electron chi connectivity index (χ4n) is 4.91. The van der Waals surface area contributed by atoms with E-state index in [1.165, 1.54) is 38.4 Å². The van der Waals surface area contributed by atoms with Crippen LogP contribution in [0.25, 0.3) is 10.9 Å². The van der Waals surface area contributed by atoms with Gasteiger partial charge < -0.3 is 14.8 Å². The lowest BCUT2D eigenvalue weighted by molar-refractivity contribution is -0.0196. The maximum absolute atomic E-state index is 14.8. The molecule has 2 saturated heterocycles. The number of piperidine rings is 1. The second kappa shape index (κ2) is 9.98. The van der Waals surface area contributed by atoms with E-state index in [1.54, 1.807) is 10.6 Å². The van der Waals surface area contributed by atoms with Crippen molar-refractivity contribution in [3.8, 4) is 17.6 Å². The number of anilines is 1. The second-order valence-corrected chi connectivity index (χ2v) is 12.2. The van der Waals surface area contributed by atoms with Crippen molar-refractivity contribution >= 4 is 26.6 Å². The van der Waals surface area contributed by atoms with Gasteiger partial charge in [0, 0.05) is 0 Å². The molecule has 0 aliphatic carbocycles. The maximum atomic E-state index is 14.8. The average molecular weight is 542 g/mol. The predicted molar refractivity (Wildman–Crippen MR) is 139 cm³/mol. The molecule has 2 N–H and O–H groups in total. The van der Waals surface area contributed by atoms with Gasteiger partial charge in [0.1, 0.15) is 17.4 Å². The highest BCUT2D eigenvalue weighted by Gasteiger charge is 2.42. The van der Waals surface area contributed by atoms with E-state index in [0.717, 1.165) is 32.0 Å². The Hall–Kier alpha value is -3.53. The number of benzene rings is 2. The summed E-state index contributed by atoms with van der Waals surface area (Å²) in [6.45, 7) is 5.13. The summed E-state index contributed by atoms with van der Waals surface area (Å²) in [4.78, 5) is 17.9. The van der Waals surface area contributed by atoms with Gasteiger partial charge in [-0.25, -0.2) is 17.8 Å². The van der Waals surface area contributed by atoms with E-state index in [-0.39, 0.29) is 39.6 Å². The Morgan fingerprint density at radius 2 is 2.05 bits per heavy atom. The first kappa shape index (κ1) is 26.1. The smallest absolute Gasteiger partial charge is 0.261 e. The molecule has 3 heterocycles. The van der Waals surface area contributed by atoms with Crippen molar-refractivity contribution in [3.05, 3.63) is 58.4 Å². The zero-order valence-electron chi connectivity index (χ0n) is 21.0. The molecule has 38 heavy (non-hydrogen) atoms. The van der Waals surface area contributed by atoms with E-state index < -0.39 is 26.8 Å². The van der Waals surface area contributed by atoms with E-state index in [1.807, 2.05) is 6.07 Å². The molecule has 3 aromatic rings. The van der Waals surface area contributed by atoms with Gasteiger partial charge in [0.15, 0.2) is 11.6 Å². The van der Waals surface area contributed by atoms with Crippen molar-refractivity contribution in [2.45, 2.75) is 50.0 Å². The first-order valence-corrected chi connectivity index (χ1v) is 13.9. The van der Waals surface area contributed by atoms with Gasteiger partial charge in [-0.3, -0.25) is 14.1 Å². The second-order valence-electron chi connectivity index (χ2n) is 9.95. The van der Waals surface area contributed by atoms with Crippen LogP contribution >= 0.6 is 0 Å². The Balaban J connectivity index is 1.47. The number of rotatable bonds is 6. The maximum Gasteiger partial charge on any atom is 0.261 e. The summed E-state index contributed by atoms with van der Waals surface area (Å²) in [5.41, 5.74) is -0.487. The third-order valence-electron chi connectivity index (χ3n) is 7.17. The topological polar surface area (TPSA) is 135 Å². The molecule has 12 heteroatoms. The molecule has 1 unspecified atom stereocenters. The summed E-state index contributed by atoms with van der Waals surface area (Å²) in [6.07, 6.45) is 4.01. The first-order chi connectivity index (χ1) is 18.1. The van der Waals surface area contributed by atoms with Gasteiger partial charge in [-0.1, -0.05) is 0 Å². The Kier molecular flexibility index (Phi) is 6.85. The van der Waals surface area contributed by atoms with Gasteiger partial charge in [-0.2, -0.15) is 5.26 Å². The molecule has 2 fully saturated rings. The molecule has 1 aromatic heterocycles. The van der Waals surface area contributed by atoms with Crippen LogP contribution in [0.5, 0.6) is 11.5 Å². The molecule has 0 saturated carbocycles. The van der Waals surface area contributed by atoms with E-state index >= 15 is 0 Å². The Morgan fingerprint density at radius 3 is 2.76 bits per heavy atom. The van der Waals surface area contributed by atoms with Crippen LogP contribution in [0, 0.1) is 17.1 Å². The molecule has 0 radical (unpaired) electrons. The van der Waals surface area contributed by atoms with Crippen molar-refractivity contribution in [1.29, 1.82) is 5.26 Å². The lowest BCUT2D eigenvalue weighted by Gasteiger charge is -2.32. The van der Waals surface area contributed by atoms with Crippen molar-refractivity contribution in [1.82, 2.24) is 14.9 Å². The molecule has 2 aromatic carbocycles. The molecule has 10 nitrogen and oxygen atoms in total. The summed E-state index contributed by atoms with van der Waals surface area (Å²) < 4.78 is 55.2. The SMILES string of the molecule is CC(C)S(=O)(=O)Nc1ccc(F)c(Oc2ccc3ncn(C4COC5(CCNCC5)C4)c(=O)c3c2)c1C#N. The Bertz CT molecular complexity index is 1590. The van der Waals surface area contributed by atoms with Crippen LogP contribution in [-0.2, 0) is 14.8 Å². The van der Waals surface area contributed by atoms with Gasteiger partial charge in [0.25, 0.3) is 5.56 Å². The number of halogens is 1. The van der Waals surface area contributed by atoms with E-state index in [9.17, 15) is 22.9 Å². The average Bonchev–Trinajstić information content (AvgIpc) is 3.29. The number of hydrogen-bond acceptors (Lipinski definition) is 8. The number of nitrogens with one attached hydrogen (secondary N) is 2. The number of nitriles is 1. The highest BCUT2D eigenvalue weighted by molar-refractivity contribution is 7.93. The fourth-order valence-corrected chi connectivity index (χ4v) is 5.62. The van der Waals surface area contributed by atoms with Crippen molar-refractivity contribution < 1.29 is 22.3 Å². The zero-order valence-corrected chi connectivity index (χ0v) is 21.8. The molecular weight excluding hydrogens is 513 g/mol. The van der Waals surface area contributed by atoms with E-state index in [4.69, 9.17) is 9.47 Å². The van der Waals surface area contributed by atoms with Crippen LogP contribution in [0.4, 0.5) is 10.1 Å². The number of ether oxygens (including phenoxy) is 2. The van der Waals surface area contributed by atoms with Crippen LogP contribution in [0.2, 0.25) is 0 Å². The van der Waals surface area contributed by atoms with Gasteiger partial charge in [-0.05, 0) is 76.5 Å². The third kappa shape index (κ3) is 4.84. The molecule has 0 bridgehead atoms. The lowest BCUT2D eigenvalue weighted by atomic mass is 9.88. The van der Waals surface area contributed by atoms with Crippen LogP contribution in [-0.4, -0.2) is 48.5 Å². The fraction of sp³-hybridized carbons (Fsp3) is 0.423. The van der Waals surface area contributed by atoms with Gasteiger partial charge in [0.2, 0.25) is 10.0 Å². The number of nitrogens with zero attached hydrogens (tertiary/aromatic N) is 3. The molecule has 5 rings (SSSR count). The van der Waals surface area contributed by atoms with Crippen LogP contribution in [0.1, 0.15) is 44.7 Å². The van der Waals surface area contributed by atoms with Gasteiger partial charge in [0.05, 0.1) is 46.4 Å². The normalized spacial score (nSPS) is 19.1. The highest BCUT2D eigenvalue weighted by Crippen LogP contribution is 2.39. The molecule has 2 aliphatic rings. The number of fused-ring (bicyclic) bond motifs is 1. The summed E-state index contributed by atoms with van der Waals surface area (Å²) in [5, 5.41) is 12.5. The summed E-state index contributed by atoms with van der Waals surface area (Å²) in [6, 6.07) is 8.38. The molecule has 2 aliphatic heterocycles. The molecular formula is C26H28FN5O5S. The minimum Gasteiger partial charge on any atom is -0.453 e. The first-order valence-electron chi connectivity index (χ1n) is 12.4. The Labute approximate surface area is 219 Å². The van der Waals surface area contributed by atoms with Gasteiger partial charge in [-0.15, -0.1) is 0 Å². The molecule has 200 valence electrons. The molecule has 0 amide bonds. The van der Waals surface area contributed by atoms with E-state index in [0.29, 0.717) is 18.5 Å².